The lowest BCUT2D eigenvalue weighted by atomic mass is 10.2. The van der Waals surface area contributed by atoms with E-state index in [0.717, 1.165) is 5.56 Å². The molecule has 0 aliphatic heterocycles. The highest BCUT2D eigenvalue weighted by atomic mass is 19.1. The molecule has 0 radical (unpaired) electrons. The molecule has 2 rings (SSSR count). The van der Waals surface area contributed by atoms with Crippen LogP contribution in [0.1, 0.15) is 12.0 Å². The molecule has 0 spiro atoms. The van der Waals surface area contributed by atoms with Crippen molar-refractivity contribution in [3.05, 3.63) is 78.6 Å². The summed E-state index contributed by atoms with van der Waals surface area (Å²) in [5, 5.41) is 8.79. The maximum absolute atomic E-state index is 13.1. The third kappa shape index (κ3) is 7.24. The Balaban J connectivity index is 1.91. The van der Waals surface area contributed by atoms with Gasteiger partial charge in [-0.05, 0) is 48.0 Å². The molecule has 7 heteroatoms. The van der Waals surface area contributed by atoms with Crippen molar-refractivity contribution in [2.24, 2.45) is 0 Å². The molecule has 2 aromatic rings. The molecule has 6 nitrogen and oxygen atoms in total. The largest absolute Gasteiger partial charge is 0.490 e. The van der Waals surface area contributed by atoms with Gasteiger partial charge < -0.3 is 14.4 Å². The van der Waals surface area contributed by atoms with Crippen molar-refractivity contribution in [1.82, 2.24) is 0 Å². The fourth-order valence-corrected chi connectivity index (χ4v) is 2.43. The first-order valence-corrected chi connectivity index (χ1v) is 9.15. The molecule has 0 aromatic heterocycles. The molecular weight excluding hydrogens is 387 g/mol. The van der Waals surface area contributed by atoms with Crippen LogP contribution in [0.5, 0.6) is 5.75 Å². The van der Waals surface area contributed by atoms with Crippen LogP contribution < -0.4 is 9.64 Å². The van der Waals surface area contributed by atoms with Gasteiger partial charge in [-0.1, -0.05) is 24.8 Å². The summed E-state index contributed by atoms with van der Waals surface area (Å²) in [5.41, 5.74) is 1.17. The third-order valence-electron chi connectivity index (χ3n) is 3.88. The first-order chi connectivity index (χ1) is 14.5. The summed E-state index contributed by atoms with van der Waals surface area (Å²) in [5.74, 6) is -0.959. The molecule has 2 aromatic carbocycles. The van der Waals surface area contributed by atoms with E-state index in [2.05, 4.69) is 6.58 Å². The molecule has 0 N–H and O–H groups in total. The van der Waals surface area contributed by atoms with Gasteiger partial charge in [0.1, 0.15) is 18.2 Å². The second kappa shape index (κ2) is 11.8. The van der Waals surface area contributed by atoms with Gasteiger partial charge in [-0.25, -0.2) is 9.18 Å². The van der Waals surface area contributed by atoms with Crippen LogP contribution in [0.3, 0.4) is 0 Å². The van der Waals surface area contributed by atoms with Gasteiger partial charge >= 0.3 is 5.97 Å². The van der Waals surface area contributed by atoms with Crippen molar-refractivity contribution in [3.8, 4) is 11.8 Å². The molecule has 154 valence electrons. The maximum atomic E-state index is 13.1. The summed E-state index contributed by atoms with van der Waals surface area (Å²) in [7, 11) is 0. The number of nitriles is 1. The van der Waals surface area contributed by atoms with Crippen LogP contribution in [0.15, 0.2) is 67.3 Å². The number of hydrogen-bond acceptors (Lipinski definition) is 5. The second-order valence-electron chi connectivity index (χ2n) is 6.04. The number of ether oxygens (including phenoxy) is 2. The number of hydrogen-bond donors (Lipinski definition) is 0. The second-order valence-corrected chi connectivity index (χ2v) is 6.04. The molecule has 0 bridgehead atoms. The van der Waals surface area contributed by atoms with Crippen molar-refractivity contribution in [2.75, 3.05) is 24.7 Å². The standard InChI is InChI=1S/C23H21FN2O4/c1-2-16-29-21-11-4-18(5-12-21)6-13-23(28)30-17-22(27)26(15-3-14-25)20-9-7-19(24)8-10-20/h2,4-13H,1,3,15-17H2/b13-6+. The molecule has 1 amide bonds. The molecule has 0 aliphatic carbocycles. The van der Waals surface area contributed by atoms with E-state index in [4.69, 9.17) is 14.7 Å². The van der Waals surface area contributed by atoms with E-state index in [1.165, 1.54) is 35.2 Å². The normalized spacial score (nSPS) is 10.3. The monoisotopic (exact) mass is 408 g/mol. The van der Waals surface area contributed by atoms with Crippen molar-refractivity contribution < 1.29 is 23.5 Å². The predicted octanol–water partition coefficient (Wildman–Crippen LogP) is 3.89. The van der Waals surface area contributed by atoms with Crippen molar-refractivity contribution >= 4 is 23.6 Å². The Morgan fingerprint density at radius 2 is 1.83 bits per heavy atom. The molecule has 0 heterocycles. The van der Waals surface area contributed by atoms with Crippen LogP contribution in [0.25, 0.3) is 6.08 Å². The smallest absolute Gasteiger partial charge is 0.331 e. The fraction of sp³-hybridized carbons (Fsp3) is 0.174. The van der Waals surface area contributed by atoms with Gasteiger partial charge in [-0.2, -0.15) is 5.26 Å². The number of nitrogens with zero attached hydrogens (tertiary/aromatic N) is 2. The lowest BCUT2D eigenvalue weighted by Crippen LogP contribution is -2.35. The SMILES string of the molecule is C=CCOc1ccc(/C=C/C(=O)OCC(=O)N(CCC#N)c2ccc(F)cc2)cc1. The minimum atomic E-state index is -0.685. The number of carbonyl (C=O) groups excluding carboxylic acids is 2. The van der Waals surface area contributed by atoms with Gasteiger partial charge in [0.25, 0.3) is 5.91 Å². The number of benzene rings is 2. The lowest BCUT2D eigenvalue weighted by Gasteiger charge is -2.21. The molecule has 0 unspecified atom stereocenters. The molecule has 0 saturated heterocycles. The Bertz CT molecular complexity index is 931. The van der Waals surface area contributed by atoms with Crippen LogP contribution in [-0.4, -0.2) is 31.6 Å². The molecule has 0 aliphatic rings. The number of rotatable bonds is 10. The van der Waals surface area contributed by atoms with Crippen LogP contribution in [0.4, 0.5) is 10.1 Å². The zero-order chi connectivity index (χ0) is 21.8. The first-order valence-electron chi connectivity index (χ1n) is 9.15. The minimum absolute atomic E-state index is 0.0868. The number of halogens is 1. The van der Waals surface area contributed by atoms with Crippen LogP contribution in [0.2, 0.25) is 0 Å². The maximum Gasteiger partial charge on any atom is 0.331 e. The van der Waals surface area contributed by atoms with E-state index in [-0.39, 0.29) is 13.0 Å². The average Bonchev–Trinajstić information content (AvgIpc) is 2.77. The van der Waals surface area contributed by atoms with E-state index in [0.29, 0.717) is 18.0 Å². The highest BCUT2D eigenvalue weighted by Gasteiger charge is 2.17. The molecule has 0 fully saturated rings. The average molecular weight is 408 g/mol. The molecule has 0 atom stereocenters. The molecule has 30 heavy (non-hydrogen) atoms. The van der Waals surface area contributed by atoms with Gasteiger partial charge in [-0.3, -0.25) is 4.79 Å². The third-order valence-corrected chi connectivity index (χ3v) is 3.88. The van der Waals surface area contributed by atoms with Gasteiger partial charge in [0, 0.05) is 18.3 Å². The zero-order valence-corrected chi connectivity index (χ0v) is 16.3. The van der Waals surface area contributed by atoms with E-state index < -0.39 is 24.3 Å². The summed E-state index contributed by atoms with van der Waals surface area (Å²) in [4.78, 5) is 25.6. The minimum Gasteiger partial charge on any atom is -0.490 e. The van der Waals surface area contributed by atoms with Gasteiger partial charge in [0.05, 0.1) is 12.5 Å². The van der Waals surface area contributed by atoms with E-state index in [1.54, 1.807) is 36.4 Å². The van der Waals surface area contributed by atoms with Crippen LogP contribution in [-0.2, 0) is 14.3 Å². The highest BCUT2D eigenvalue weighted by molar-refractivity contribution is 5.96. The quantitative estimate of drug-likeness (QED) is 0.338. The number of carbonyl (C=O) groups is 2. The van der Waals surface area contributed by atoms with E-state index in [1.807, 2.05) is 6.07 Å². The first kappa shape index (κ1) is 22.4. The summed E-state index contributed by atoms with van der Waals surface area (Å²) >= 11 is 0. The van der Waals surface area contributed by atoms with E-state index >= 15 is 0 Å². The van der Waals surface area contributed by atoms with Gasteiger partial charge in [-0.15, -0.1) is 0 Å². The summed E-state index contributed by atoms with van der Waals surface area (Å²) < 4.78 is 23.5. The number of esters is 1. The van der Waals surface area contributed by atoms with Crippen LogP contribution >= 0.6 is 0 Å². The Kier molecular flexibility index (Phi) is 8.81. The Hall–Kier alpha value is -3.92. The zero-order valence-electron chi connectivity index (χ0n) is 16.3. The van der Waals surface area contributed by atoms with Crippen molar-refractivity contribution in [1.29, 1.82) is 5.26 Å². The highest BCUT2D eigenvalue weighted by Crippen LogP contribution is 2.16. The fourth-order valence-electron chi connectivity index (χ4n) is 2.43. The topological polar surface area (TPSA) is 79.6 Å². The molecular formula is C23H21FN2O4. The predicted molar refractivity (Wildman–Crippen MR) is 111 cm³/mol. The van der Waals surface area contributed by atoms with Crippen molar-refractivity contribution in [3.63, 3.8) is 0 Å². The Labute approximate surface area is 174 Å². The molecule has 0 saturated carbocycles. The number of amides is 1. The summed E-state index contributed by atoms with van der Waals surface area (Å²) in [6, 6.07) is 14.3. The Morgan fingerprint density at radius 3 is 2.47 bits per heavy atom. The summed E-state index contributed by atoms with van der Waals surface area (Å²) in [6.07, 6.45) is 4.49. The van der Waals surface area contributed by atoms with E-state index in [9.17, 15) is 14.0 Å². The Morgan fingerprint density at radius 1 is 1.13 bits per heavy atom. The lowest BCUT2D eigenvalue weighted by molar-refractivity contribution is -0.142. The van der Waals surface area contributed by atoms with Gasteiger partial charge in [0.15, 0.2) is 6.61 Å². The summed E-state index contributed by atoms with van der Waals surface area (Å²) in [6.45, 7) is 3.58. The van der Waals surface area contributed by atoms with Crippen molar-refractivity contribution in [2.45, 2.75) is 6.42 Å². The van der Waals surface area contributed by atoms with Gasteiger partial charge in [0.2, 0.25) is 0 Å². The number of anilines is 1. The van der Waals surface area contributed by atoms with Crippen LogP contribution in [0, 0.1) is 17.1 Å².